The molecular formula is C14H18N4O2. The number of carbonyl (C=O) groups excluding carboxylic acids is 1. The first-order valence-electron chi connectivity index (χ1n) is 6.42. The summed E-state index contributed by atoms with van der Waals surface area (Å²) in [7, 11) is 0. The number of nitrogens with zero attached hydrogens (tertiary/aromatic N) is 1. The van der Waals surface area contributed by atoms with E-state index in [1.165, 1.54) is 0 Å². The number of amides is 1. The molecule has 0 atom stereocenters. The topological polar surface area (TPSA) is 90.0 Å². The molecule has 1 amide bonds. The summed E-state index contributed by atoms with van der Waals surface area (Å²) >= 11 is 0. The van der Waals surface area contributed by atoms with Crippen LogP contribution in [0.5, 0.6) is 0 Å². The predicted molar refractivity (Wildman–Crippen MR) is 76.5 cm³/mol. The van der Waals surface area contributed by atoms with Crippen LogP contribution in [0.1, 0.15) is 21.7 Å². The van der Waals surface area contributed by atoms with Gasteiger partial charge in [-0.2, -0.15) is 0 Å². The molecule has 1 aromatic carbocycles. The van der Waals surface area contributed by atoms with Crippen molar-refractivity contribution in [2.45, 2.75) is 13.5 Å². The van der Waals surface area contributed by atoms with E-state index in [0.717, 1.165) is 17.1 Å². The van der Waals surface area contributed by atoms with E-state index in [1.54, 1.807) is 18.5 Å². The Morgan fingerprint density at radius 3 is 2.70 bits per heavy atom. The number of nitrogens with one attached hydrogen (secondary N) is 3. The number of anilines is 1. The van der Waals surface area contributed by atoms with Crippen LogP contribution >= 0.6 is 0 Å². The molecule has 20 heavy (non-hydrogen) atoms. The number of H-pyrrole nitrogens is 1. The third-order valence-corrected chi connectivity index (χ3v) is 2.94. The first kappa shape index (κ1) is 14.1. The summed E-state index contributed by atoms with van der Waals surface area (Å²) in [6.07, 6.45) is 1.67. The Labute approximate surface area is 117 Å². The normalized spacial score (nSPS) is 10.3. The van der Waals surface area contributed by atoms with Crippen molar-refractivity contribution in [3.63, 3.8) is 0 Å². The number of aliphatic hydroxyl groups excluding tert-OH is 1. The van der Waals surface area contributed by atoms with Crippen molar-refractivity contribution in [3.8, 4) is 0 Å². The van der Waals surface area contributed by atoms with Gasteiger partial charge < -0.3 is 20.7 Å². The van der Waals surface area contributed by atoms with Crippen LogP contribution < -0.4 is 10.6 Å². The Bertz CT molecular complexity index is 563. The highest BCUT2D eigenvalue weighted by molar-refractivity contribution is 5.94. The van der Waals surface area contributed by atoms with Crippen molar-refractivity contribution in [2.75, 3.05) is 18.5 Å². The minimum Gasteiger partial charge on any atom is -0.395 e. The van der Waals surface area contributed by atoms with Crippen LogP contribution in [0.3, 0.4) is 0 Å². The summed E-state index contributed by atoms with van der Waals surface area (Å²) in [5.74, 6) is -0.186. The summed E-state index contributed by atoms with van der Waals surface area (Å²) in [5.41, 5.74) is 3.50. The summed E-state index contributed by atoms with van der Waals surface area (Å²) < 4.78 is 0. The molecule has 0 saturated heterocycles. The zero-order valence-electron chi connectivity index (χ0n) is 11.3. The third kappa shape index (κ3) is 3.58. The van der Waals surface area contributed by atoms with E-state index in [1.807, 2.05) is 19.1 Å². The van der Waals surface area contributed by atoms with E-state index in [0.29, 0.717) is 12.1 Å². The second kappa shape index (κ2) is 6.72. The van der Waals surface area contributed by atoms with Gasteiger partial charge >= 0.3 is 0 Å². The van der Waals surface area contributed by atoms with Gasteiger partial charge in [0.2, 0.25) is 0 Å². The molecule has 106 valence electrons. The largest absolute Gasteiger partial charge is 0.395 e. The Morgan fingerprint density at radius 2 is 2.10 bits per heavy atom. The number of benzene rings is 1. The molecule has 0 aliphatic carbocycles. The molecule has 4 N–H and O–H groups in total. The average Bonchev–Trinajstić information content (AvgIpc) is 2.88. The maximum atomic E-state index is 11.6. The molecule has 6 heteroatoms. The van der Waals surface area contributed by atoms with Gasteiger partial charge in [0.05, 0.1) is 25.2 Å². The number of hydrogen-bond donors (Lipinski definition) is 4. The van der Waals surface area contributed by atoms with Gasteiger partial charge in [-0.1, -0.05) is 0 Å². The van der Waals surface area contributed by atoms with Crippen LogP contribution in [-0.4, -0.2) is 34.1 Å². The molecule has 1 aromatic heterocycles. The van der Waals surface area contributed by atoms with Gasteiger partial charge in [-0.15, -0.1) is 0 Å². The average molecular weight is 274 g/mol. The summed E-state index contributed by atoms with van der Waals surface area (Å²) in [4.78, 5) is 18.9. The molecule has 1 heterocycles. The van der Waals surface area contributed by atoms with E-state index in [9.17, 15) is 4.79 Å². The molecule has 0 radical (unpaired) electrons. The molecule has 0 bridgehead atoms. The van der Waals surface area contributed by atoms with E-state index in [2.05, 4.69) is 20.6 Å². The van der Waals surface area contributed by atoms with E-state index in [4.69, 9.17) is 5.11 Å². The lowest BCUT2D eigenvalue weighted by atomic mass is 10.2. The summed E-state index contributed by atoms with van der Waals surface area (Å²) in [5, 5.41) is 14.5. The van der Waals surface area contributed by atoms with Crippen molar-refractivity contribution < 1.29 is 9.90 Å². The SMILES string of the molecule is Cc1[nH]cnc1CNc1ccc(C(=O)NCCO)cc1. The number of aromatic nitrogens is 2. The fourth-order valence-corrected chi connectivity index (χ4v) is 1.76. The number of rotatable bonds is 6. The van der Waals surface area contributed by atoms with Crippen LogP contribution in [0.4, 0.5) is 5.69 Å². The number of hydrogen-bond acceptors (Lipinski definition) is 4. The van der Waals surface area contributed by atoms with Gasteiger partial charge in [0, 0.05) is 23.5 Å². The van der Waals surface area contributed by atoms with Gasteiger partial charge in [-0.25, -0.2) is 4.98 Å². The molecule has 0 fully saturated rings. The van der Waals surface area contributed by atoms with Gasteiger partial charge in [-0.05, 0) is 31.2 Å². The first-order valence-corrected chi connectivity index (χ1v) is 6.42. The fraction of sp³-hybridized carbons (Fsp3) is 0.286. The Kier molecular flexibility index (Phi) is 4.73. The fourth-order valence-electron chi connectivity index (χ4n) is 1.76. The number of imidazole rings is 1. The lowest BCUT2D eigenvalue weighted by Crippen LogP contribution is -2.26. The second-order valence-electron chi connectivity index (χ2n) is 4.38. The maximum absolute atomic E-state index is 11.6. The molecule has 0 aliphatic heterocycles. The lowest BCUT2D eigenvalue weighted by molar-refractivity contribution is 0.0945. The van der Waals surface area contributed by atoms with Crippen LogP contribution in [0.15, 0.2) is 30.6 Å². The minimum atomic E-state index is -0.186. The van der Waals surface area contributed by atoms with Crippen LogP contribution in [0, 0.1) is 6.92 Å². The molecule has 2 aromatic rings. The van der Waals surface area contributed by atoms with E-state index >= 15 is 0 Å². The maximum Gasteiger partial charge on any atom is 0.251 e. The van der Waals surface area contributed by atoms with Crippen LogP contribution in [-0.2, 0) is 6.54 Å². The highest BCUT2D eigenvalue weighted by Gasteiger charge is 2.05. The molecule has 2 rings (SSSR count). The molecule has 0 unspecified atom stereocenters. The minimum absolute atomic E-state index is 0.0611. The quantitative estimate of drug-likeness (QED) is 0.634. The van der Waals surface area contributed by atoms with Gasteiger partial charge in [-0.3, -0.25) is 4.79 Å². The molecule has 0 saturated carbocycles. The number of aliphatic hydroxyl groups is 1. The monoisotopic (exact) mass is 274 g/mol. The van der Waals surface area contributed by atoms with Crippen molar-refractivity contribution in [1.82, 2.24) is 15.3 Å². The van der Waals surface area contributed by atoms with Crippen LogP contribution in [0.25, 0.3) is 0 Å². The molecule has 0 spiro atoms. The van der Waals surface area contributed by atoms with Crippen molar-refractivity contribution in [2.24, 2.45) is 0 Å². The first-order chi connectivity index (χ1) is 9.70. The predicted octanol–water partition coefficient (Wildman–Crippen LogP) is 1.05. The Balaban J connectivity index is 1.91. The molecule has 6 nitrogen and oxygen atoms in total. The van der Waals surface area contributed by atoms with Gasteiger partial charge in [0.1, 0.15) is 0 Å². The zero-order valence-corrected chi connectivity index (χ0v) is 11.3. The molecular weight excluding hydrogens is 256 g/mol. The summed E-state index contributed by atoms with van der Waals surface area (Å²) in [6, 6.07) is 7.17. The number of aromatic amines is 1. The van der Waals surface area contributed by atoms with E-state index < -0.39 is 0 Å². The van der Waals surface area contributed by atoms with Crippen molar-refractivity contribution >= 4 is 11.6 Å². The standard InChI is InChI=1S/C14H18N4O2/c1-10-13(18-9-17-10)8-16-12-4-2-11(3-5-12)14(20)15-6-7-19/h2-5,9,16,19H,6-8H2,1H3,(H,15,20)(H,17,18). The second-order valence-corrected chi connectivity index (χ2v) is 4.38. The lowest BCUT2D eigenvalue weighted by Gasteiger charge is -2.07. The van der Waals surface area contributed by atoms with Gasteiger partial charge in [0.15, 0.2) is 0 Å². The highest BCUT2D eigenvalue weighted by atomic mass is 16.3. The smallest absolute Gasteiger partial charge is 0.251 e. The number of carbonyl (C=O) groups is 1. The van der Waals surface area contributed by atoms with Crippen LogP contribution in [0.2, 0.25) is 0 Å². The Hall–Kier alpha value is -2.34. The molecule has 0 aliphatic rings. The number of aryl methyl sites for hydroxylation is 1. The van der Waals surface area contributed by atoms with Crippen molar-refractivity contribution in [1.29, 1.82) is 0 Å². The summed E-state index contributed by atoms with van der Waals surface area (Å²) in [6.45, 7) is 2.80. The van der Waals surface area contributed by atoms with Crippen molar-refractivity contribution in [3.05, 3.63) is 47.5 Å². The van der Waals surface area contributed by atoms with Gasteiger partial charge in [0.25, 0.3) is 5.91 Å². The zero-order chi connectivity index (χ0) is 14.4. The highest BCUT2D eigenvalue weighted by Crippen LogP contribution is 2.11. The Morgan fingerprint density at radius 1 is 1.35 bits per heavy atom. The van der Waals surface area contributed by atoms with E-state index in [-0.39, 0.29) is 19.1 Å². The third-order valence-electron chi connectivity index (χ3n) is 2.94.